The average molecular weight is 431 g/mol. The van der Waals surface area contributed by atoms with Gasteiger partial charge in [-0.2, -0.15) is 0 Å². The zero-order valence-electron chi connectivity index (χ0n) is 16.8. The highest BCUT2D eigenvalue weighted by Crippen LogP contribution is 2.23. The van der Waals surface area contributed by atoms with Crippen LogP contribution in [0.2, 0.25) is 5.02 Å². The van der Waals surface area contributed by atoms with Crippen molar-refractivity contribution in [3.63, 3.8) is 0 Å². The molecule has 0 saturated carbocycles. The number of halogens is 1. The number of aromatic nitrogens is 2. The number of rotatable bonds is 10. The molecule has 0 radical (unpaired) electrons. The Hall–Kier alpha value is -2.90. The molecule has 2 heterocycles. The van der Waals surface area contributed by atoms with Crippen LogP contribution in [-0.2, 0) is 22.4 Å². The van der Waals surface area contributed by atoms with Gasteiger partial charge in [0.25, 0.3) is 0 Å². The summed E-state index contributed by atoms with van der Waals surface area (Å²) in [5.41, 5.74) is 2.44. The van der Waals surface area contributed by atoms with E-state index >= 15 is 0 Å². The number of nitrogens with zero attached hydrogens (tertiary/aromatic N) is 2. The highest BCUT2D eigenvalue weighted by atomic mass is 35.5. The molecule has 3 rings (SSSR count). The molecule has 1 unspecified atom stereocenters. The van der Waals surface area contributed by atoms with Gasteiger partial charge < -0.3 is 19.0 Å². The zero-order chi connectivity index (χ0) is 21.5. The third-order valence-electron chi connectivity index (χ3n) is 4.43. The van der Waals surface area contributed by atoms with Gasteiger partial charge in [-0.3, -0.25) is 0 Å². The smallest absolute Gasteiger partial charge is 0.333 e. The summed E-state index contributed by atoms with van der Waals surface area (Å²) in [4.78, 5) is 20.0. The summed E-state index contributed by atoms with van der Waals surface area (Å²) in [6, 6.07) is 10.8. The van der Waals surface area contributed by atoms with Crippen LogP contribution in [0.25, 0.3) is 11.5 Å². The number of oxazole rings is 1. The number of ether oxygens (including phenoxy) is 2. The Balaban J connectivity index is 1.54. The van der Waals surface area contributed by atoms with E-state index in [9.17, 15) is 4.79 Å². The number of hydrogen-bond donors (Lipinski definition) is 1. The quantitative estimate of drug-likeness (QED) is 0.510. The topological polar surface area (TPSA) is 94.7 Å². The van der Waals surface area contributed by atoms with Crippen molar-refractivity contribution in [1.82, 2.24) is 9.97 Å². The van der Waals surface area contributed by atoms with E-state index in [2.05, 4.69) is 9.97 Å². The van der Waals surface area contributed by atoms with Gasteiger partial charge in [0.2, 0.25) is 11.8 Å². The van der Waals surface area contributed by atoms with Crippen LogP contribution in [0.5, 0.6) is 5.88 Å². The highest BCUT2D eigenvalue weighted by Gasteiger charge is 2.18. The van der Waals surface area contributed by atoms with Crippen LogP contribution in [0.3, 0.4) is 0 Å². The summed E-state index contributed by atoms with van der Waals surface area (Å²) >= 11 is 5.92. The zero-order valence-corrected chi connectivity index (χ0v) is 17.6. The van der Waals surface area contributed by atoms with Crippen LogP contribution in [0, 0.1) is 6.92 Å². The van der Waals surface area contributed by atoms with Gasteiger partial charge in [-0.15, -0.1) is 0 Å². The first-order valence-corrected chi connectivity index (χ1v) is 9.98. The lowest BCUT2D eigenvalue weighted by molar-refractivity contribution is -0.149. The average Bonchev–Trinajstić information content (AvgIpc) is 3.10. The van der Waals surface area contributed by atoms with E-state index in [1.165, 1.54) is 0 Å². The second-order valence-corrected chi connectivity index (χ2v) is 7.05. The van der Waals surface area contributed by atoms with Gasteiger partial charge in [-0.25, -0.2) is 14.8 Å². The summed E-state index contributed by atoms with van der Waals surface area (Å²) in [7, 11) is 0. The van der Waals surface area contributed by atoms with Gasteiger partial charge in [-0.1, -0.05) is 17.7 Å². The van der Waals surface area contributed by atoms with E-state index < -0.39 is 12.1 Å². The Morgan fingerprint density at radius 3 is 2.63 bits per heavy atom. The van der Waals surface area contributed by atoms with Gasteiger partial charge in [0, 0.05) is 42.3 Å². The first-order chi connectivity index (χ1) is 14.5. The largest absolute Gasteiger partial charge is 0.479 e. The van der Waals surface area contributed by atoms with Crippen LogP contribution in [0.15, 0.2) is 47.0 Å². The third-order valence-corrected chi connectivity index (χ3v) is 4.69. The molecule has 0 fully saturated rings. The maximum atomic E-state index is 11.2. The Morgan fingerprint density at radius 2 is 2.00 bits per heavy atom. The molecule has 8 heteroatoms. The highest BCUT2D eigenvalue weighted by molar-refractivity contribution is 6.30. The van der Waals surface area contributed by atoms with Crippen LogP contribution in [-0.4, -0.2) is 40.4 Å². The van der Waals surface area contributed by atoms with Gasteiger partial charge in [-0.05, 0) is 43.7 Å². The molecule has 7 nitrogen and oxygen atoms in total. The molecule has 0 saturated heterocycles. The van der Waals surface area contributed by atoms with Crippen molar-refractivity contribution in [2.45, 2.75) is 32.8 Å². The molecule has 2 aromatic heterocycles. The second-order valence-electron chi connectivity index (χ2n) is 6.62. The van der Waals surface area contributed by atoms with Gasteiger partial charge in [0.05, 0.1) is 12.3 Å². The van der Waals surface area contributed by atoms with Crippen molar-refractivity contribution in [1.29, 1.82) is 0 Å². The fourth-order valence-electron chi connectivity index (χ4n) is 2.88. The van der Waals surface area contributed by atoms with Gasteiger partial charge >= 0.3 is 5.97 Å². The van der Waals surface area contributed by atoms with Crippen LogP contribution in [0.4, 0.5) is 0 Å². The third kappa shape index (κ3) is 5.81. The summed E-state index contributed by atoms with van der Waals surface area (Å²) in [5, 5.41) is 9.82. The molecule has 0 spiro atoms. The predicted octanol–water partition coefficient (Wildman–Crippen LogP) is 4.35. The van der Waals surface area contributed by atoms with Crippen LogP contribution in [0.1, 0.15) is 23.9 Å². The normalized spacial score (nSPS) is 12.0. The maximum Gasteiger partial charge on any atom is 0.333 e. The molecular formula is C22H23ClN2O5. The summed E-state index contributed by atoms with van der Waals surface area (Å²) in [5.74, 6) is 0.755. The van der Waals surface area contributed by atoms with Crippen LogP contribution < -0.4 is 4.74 Å². The fourth-order valence-corrected chi connectivity index (χ4v) is 3.00. The molecule has 0 amide bonds. The van der Waals surface area contributed by atoms with Crippen molar-refractivity contribution in [2.24, 2.45) is 0 Å². The van der Waals surface area contributed by atoms with Crippen molar-refractivity contribution >= 4 is 17.6 Å². The van der Waals surface area contributed by atoms with Crippen molar-refractivity contribution < 1.29 is 23.8 Å². The van der Waals surface area contributed by atoms with Gasteiger partial charge in [0.15, 0.2) is 6.10 Å². The van der Waals surface area contributed by atoms with E-state index in [1.54, 1.807) is 37.4 Å². The number of benzene rings is 1. The Kier molecular flexibility index (Phi) is 7.43. The number of aryl methyl sites for hydroxylation is 1. The van der Waals surface area contributed by atoms with E-state index in [0.29, 0.717) is 36.4 Å². The molecule has 1 aromatic carbocycles. The molecule has 0 bridgehead atoms. The molecule has 1 atom stereocenters. The molecule has 1 N–H and O–H groups in total. The minimum atomic E-state index is -0.988. The number of carboxylic acid groups (broad SMARTS) is 1. The molecular weight excluding hydrogens is 408 g/mol. The summed E-state index contributed by atoms with van der Waals surface area (Å²) < 4.78 is 16.7. The second kappa shape index (κ2) is 10.2. The fraction of sp³-hybridized carbons (Fsp3) is 0.318. The number of carboxylic acids is 1. The van der Waals surface area contributed by atoms with Crippen molar-refractivity contribution in [3.05, 3.63) is 64.6 Å². The van der Waals surface area contributed by atoms with E-state index in [1.807, 2.05) is 19.1 Å². The Morgan fingerprint density at radius 1 is 1.23 bits per heavy atom. The van der Waals surface area contributed by atoms with E-state index in [0.717, 1.165) is 22.6 Å². The lowest BCUT2D eigenvalue weighted by Gasteiger charge is -2.12. The standard InChI is InChI=1S/C22H23ClN2O5/c1-3-28-19(22(26)27)12-15-4-9-20(24-13-15)29-11-10-18-14(2)30-21(25-18)16-5-7-17(23)8-6-16/h4-9,13,19H,3,10-12H2,1-2H3,(H,26,27). The predicted molar refractivity (Wildman–Crippen MR) is 112 cm³/mol. The lowest BCUT2D eigenvalue weighted by Crippen LogP contribution is -2.26. The lowest BCUT2D eigenvalue weighted by atomic mass is 10.1. The maximum absolute atomic E-state index is 11.2. The number of hydrogen-bond acceptors (Lipinski definition) is 6. The number of aliphatic carboxylic acids is 1. The first-order valence-electron chi connectivity index (χ1n) is 9.60. The monoisotopic (exact) mass is 430 g/mol. The molecule has 0 aliphatic carbocycles. The van der Waals surface area contributed by atoms with Gasteiger partial charge in [0.1, 0.15) is 5.76 Å². The summed E-state index contributed by atoms with van der Waals surface area (Å²) in [6.45, 7) is 4.36. The SMILES string of the molecule is CCOC(Cc1ccc(OCCc2nc(-c3ccc(Cl)cc3)oc2C)nc1)C(=O)O. The minimum absolute atomic E-state index is 0.252. The Bertz CT molecular complexity index is 970. The minimum Gasteiger partial charge on any atom is -0.479 e. The molecule has 0 aliphatic rings. The molecule has 30 heavy (non-hydrogen) atoms. The first kappa shape index (κ1) is 21.8. The molecule has 0 aliphatic heterocycles. The Labute approximate surface area is 179 Å². The molecule has 3 aromatic rings. The molecule has 158 valence electrons. The number of carbonyl (C=O) groups is 1. The number of pyridine rings is 1. The van der Waals surface area contributed by atoms with Crippen molar-refractivity contribution in [3.8, 4) is 17.3 Å². The van der Waals surface area contributed by atoms with E-state index in [-0.39, 0.29) is 6.42 Å². The van der Waals surface area contributed by atoms with E-state index in [4.69, 9.17) is 30.6 Å². The van der Waals surface area contributed by atoms with Crippen LogP contribution >= 0.6 is 11.6 Å². The van der Waals surface area contributed by atoms with Crippen molar-refractivity contribution in [2.75, 3.05) is 13.2 Å². The summed E-state index contributed by atoms with van der Waals surface area (Å²) in [6.07, 6.45) is 1.54.